The van der Waals surface area contributed by atoms with E-state index < -0.39 is 5.60 Å². The van der Waals surface area contributed by atoms with E-state index in [1.807, 2.05) is 39.0 Å². The molecule has 1 heterocycles. The molecule has 3 aromatic rings. The van der Waals surface area contributed by atoms with Crippen LogP contribution in [0, 0.1) is 0 Å². The Balaban J connectivity index is 1.87. The predicted octanol–water partition coefficient (Wildman–Crippen LogP) is 6.64. The number of benzene rings is 2. The molecule has 5 nitrogen and oxygen atoms in total. The maximum atomic E-state index is 13.0. The SMILES string of the molecule is CC(C)(C)NC(=O)c1sc2c(NC(=O)C(C)(C)Oc3ccc(Br)cc3)cccc2c1Cl. The Bertz CT molecular complexity index is 1130. The van der Waals surface area contributed by atoms with Gasteiger partial charge in [0.1, 0.15) is 10.6 Å². The number of anilines is 1. The average molecular weight is 524 g/mol. The summed E-state index contributed by atoms with van der Waals surface area (Å²) >= 11 is 11.1. The molecule has 0 unspecified atom stereocenters. The maximum Gasteiger partial charge on any atom is 0.268 e. The van der Waals surface area contributed by atoms with Crippen molar-refractivity contribution in [3.8, 4) is 5.75 Å². The van der Waals surface area contributed by atoms with Crippen LogP contribution >= 0.6 is 38.9 Å². The van der Waals surface area contributed by atoms with Gasteiger partial charge in [0, 0.05) is 15.4 Å². The van der Waals surface area contributed by atoms with Gasteiger partial charge in [-0.1, -0.05) is 39.7 Å². The van der Waals surface area contributed by atoms with Crippen LogP contribution in [0.5, 0.6) is 5.75 Å². The molecule has 1 aromatic heterocycles. The minimum absolute atomic E-state index is 0.241. The van der Waals surface area contributed by atoms with Gasteiger partial charge in [-0.05, 0) is 65.0 Å². The molecule has 8 heteroatoms. The van der Waals surface area contributed by atoms with Crippen molar-refractivity contribution in [3.63, 3.8) is 0 Å². The second-order valence-corrected chi connectivity index (χ2v) is 11.0. The quantitative estimate of drug-likeness (QED) is 0.394. The lowest BCUT2D eigenvalue weighted by atomic mass is 10.1. The van der Waals surface area contributed by atoms with Gasteiger partial charge >= 0.3 is 0 Å². The largest absolute Gasteiger partial charge is 0.478 e. The predicted molar refractivity (Wildman–Crippen MR) is 132 cm³/mol. The molecule has 0 saturated carbocycles. The van der Waals surface area contributed by atoms with Gasteiger partial charge in [-0.2, -0.15) is 0 Å². The van der Waals surface area contributed by atoms with E-state index in [1.165, 1.54) is 11.3 Å². The number of amides is 2. The van der Waals surface area contributed by atoms with Gasteiger partial charge in [0.05, 0.1) is 15.4 Å². The highest BCUT2D eigenvalue weighted by molar-refractivity contribution is 9.10. The number of carbonyl (C=O) groups is 2. The summed E-state index contributed by atoms with van der Waals surface area (Å²) in [5.41, 5.74) is -0.928. The minimum atomic E-state index is -1.12. The first-order chi connectivity index (χ1) is 14.4. The highest BCUT2D eigenvalue weighted by atomic mass is 79.9. The monoisotopic (exact) mass is 522 g/mol. The van der Waals surface area contributed by atoms with Crippen LogP contribution in [-0.4, -0.2) is 23.0 Å². The van der Waals surface area contributed by atoms with E-state index >= 15 is 0 Å². The van der Waals surface area contributed by atoms with Crippen molar-refractivity contribution in [1.29, 1.82) is 0 Å². The Hall–Kier alpha value is -2.09. The third-order valence-electron chi connectivity index (χ3n) is 4.33. The molecular weight excluding hydrogens is 500 g/mol. The first-order valence-corrected chi connectivity index (χ1v) is 11.7. The van der Waals surface area contributed by atoms with E-state index in [0.717, 1.165) is 14.6 Å². The minimum Gasteiger partial charge on any atom is -0.478 e. The number of hydrogen-bond acceptors (Lipinski definition) is 4. The summed E-state index contributed by atoms with van der Waals surface area (Å²) in [5.74, 6) is 0.0323. The fourth-order valence-corrected chi connectivity index (χ4v) is 4.58. The molecule has 2 amide bonds. The number of hydrogen-bond donors (Lipinski definition) is 2. The zero-order chi connectivity index (χ0) is 23.0. The zero-order valence-corrected chi connectivity index (χ0v) is 21.1. The highest BCUT2D eigenvalue weighted by Crippen LogP contribution is 2.40. The third-order valence-corrected chi connectivity index (χ3v) is 6.60. The maximum absolute atomic E-state index is 13.0. The lowest BCUT2D eigenvalue weighted by Crippen LogP contribution is -2.42. The summed E-state index contributed by atoms with van der Waals surface area (Å²) < 4.78 is 7.57. The first-order valence-electron chi connectivity index (χ1n) is 9.67. The van der Waals surface area contributed by atoms with E-state index in [1.54, 1.807) is 38.1 Å². The van der Waals surface area contributed by atoms with Crippen molar-refractivity contribution in [3.05, 3.63) is 56.8 Å². The van der Waals surface area contributed by atoms with Crippen LogP contribution in [-0.2, 0) is 4.79 Å². The van der Waals surface area contributed by atoms with Gasteiger partial charge in [-0.15, -0.1) is 11.3 Å². The summed E-state index contributed by atoms with van der Waals surface area (Å²) in [7, 11) is 0. The molecule has 164 valence electrons. The Morgan fingerprint density at radius 3 is 2.29 bits per heavy atom. The number of ether oxygens (including phenoxy) is 1. The van der Waals surface area contributed by atoms with Gasteiger partial charge in [-0.25, -0.2) is 0 Å². The van der Waals surface area contributed by atoms with E-state index in [-0.39, 0.29) is 17.4 Å². The number of carbonyl (C=O) groups excluding carboxylic acids is 2. The number of rotatable bonds is 5. The van der Waals surface area contributed by atoms with Gasteiger partial charge in [0.15, 0.2) is 5.60 Å². The van der Waals surface area contributed by atoms with Crippen LogP contribution < -0.4 is 15.4 Å². The molecule has 0 spiro atoms. The van der Waals surface area contributed by atoms with E-state index in [2.05, 4.69) is 26.6 Å². The molecule has 0 aliphatic carbocycles. The highest BCUT2D eigenvalue weighted by Gasteiger charge is 2.31. The number of thiophene rings is 1. The van der Waals surface area contributed by atoms with Crippen LogP contribution in [0.3, 0.4) is 0 Å². The second kappa shape index (κ2) is 8.81. The standard InChI is InChI=1S/C23H24BrClN2O3S/c1-22(2,3)27-20(28)19-17(25)15-7-6-8-16(18(15)31-19)26-21(29)23(4,5)30-14-11-9-13(24)10-12-14/h6-12H,1-5H3,(H,26,29)(H,27,28). The molecule has 2 aromatic carbocycles. The van der Waals surface area contributed by atoms with Crippen LogP contribution in [0.25, 0.3) is 10.1 Å². The van der Waals surface area contributed by atoms with Crippen molar-refractivity contribution in [1.82, 2.24) is 5.32 Å². The number of fused-ring (bicyclic) bond motifs is 1. The van der Waals surface area contributed by atoms with Gasteiger partial charge in [0.25, 0.3) is 11.8 Å². The van der Waals surface area contributed by atoms with Crippen molar-refractivity contribution in [2.24, 2.45) is 0 Å². The third kappa shape index (κ3) is 5.59. The fraction of sp³-hybridized carbons (Fsp3) is 0.304. The molecular formula is C23H24BrClN2O3S. The molecule has 0 bridgehead atoms. The molecule has 0 saturated heterocycles. The summed E-state index contributed by atoms with van der Waals surface area (Å²) in [5, 5.41) is 6.96. The molecule has 0 atom stereocenters. The van der Waals surface area contributed by atoms with Gasteiger partial charge < -0.3 is 15.4 Å². The van der Waals surface area contributed by atoms with Crippen molar-refractivity contribution in [2.45, 2.75) is 45.8 Å². The first kappa shape index (κ1) is 23.6. The zero-order valence-electron chi connectivity index (χ0n) is 17.9. The normalized spacial score (nSPS) is 12.0. The molecule has 0 radical (unpaired) electrons. The Labute approximate surface area is 199 Å². The van der Waals surface area contributed by atoms with Gasteiger partial charge in [-0.3, -0.25) is 9.59 Å². The van der Waals surface area contributed by atoms with Crippen molar-refractivity contribution >= 4 is 66.5 Å². The molecule has 2 N–H and O–H groups in total. The summed E-state index contributed by atoms with van der Waals surface area (Å²) in [6, 6.07) is 12.7. The molecule has 0 fully saturated rings. The molecule has 3 rings (SSSR count). The van der Waals surface area contributed by atoms with E-state index in [9.17, 15) is 9.59 Å². The molecule has 0 aliphatic rings. The lowest BCUT2D eigenvalue weighted by Gasteiger charge is -2.25. The van der Waals surface area contributed by atoms with Crippen molar-refractivity contribution in [2.75, 3.05) is 5.32 Å². The fourth-order valence-electron chi connectivity index (χ4n) is 2.85. The Morgan fingerprint density at radius 1 is 1.03 bits per heavy atom. The smallest absolute Gasteiger partial charge is 0.268 e. The van der Waals surface area contributed by atoms with Crippen LogP contribution in [0.15, 0.2) is 46.9 Å². The Kier molecular flexibility index (Phi) is 6.69. The molecule has 31 heavy (non-hydrogen) atoms. The summed E-state index contributed by atoms with van der Waals surface area (Å²) in [4.78, 5) is 26.1. The van der Waals surface area contributed by atoms with Crippen LogP contribution in [0.4, 0.5) is 5.69 Å². The lowest BCUT2D eigenvalue weighted by molar-refractivity contribution is -0.128. The van der Waals surface area contributed by atoms with Gasteiger partial charge in [0.2, 0.25) is 0 Å². The number of nitrogens with one attached hydrogen (secondary N) is 2. The van der Waals surface area contributed by atoms with Crippen LogP contribution in [0.1, 0.15) is 44.3 Å². The second-order valence-electron chi connectivity index (χ2n) is 8.65. The van der Waals surface area contributed by atoms with E-state index in [0.29, 0.717) is 21.3 Å². The average Bonchev–Trinajstić information content (AvgIpc) is 3.00. The van der Waals surface area contributed by atoms with Crippen LogP contribution in [0.2, 0.25) is 5.02 Å². The Morgan fingerprint density at radius 2 is 1.68 bits per heavy atom. The van der Waals surface area contributed by atoms with E-state index in [4.69, 9.17) is 16.3 Å². The molecule has 0 aliphatic heterocycles. The summed E-state index contributed by atoms with van der Waals surface area (Å²) in [6.07, 6.45) is 0. The topological polar surface area (TPSA) is 67.4 Å². The van der Waals surface area contributed by atoms with Crippen molar-refractivity contribution < 1.29 is 14.3 Å². The number of halogens is 2. The summed E-state index contributed by atoms with van der Waals surface area (Å²) in [6.45, 7) is 9.13.